The SMILES string of the molecule is O=C(COc1ccc(F)cc1)N1CCC(c2cc(COc3ccccc3F)[nH]n2)C1. The molecule has 1 aliphatic heterocycles. The maximum absolute atomic E-state index is 13.6. The van der Waals surface area contributed by atoms with Crippen LogP contribution in [0.25, 0.3) is 0 Å². The van der Waals surface area contributed by atoms with Crippen molar-refractivity contribution in [2.45, 2.75) is 18.9 Å². The van der Waals surface area contributed by atoms with E-state index in [4.69, 9.17) is 9.47 Å². The summed E-state index contributed by atoms with van der Waals surface area (Å²) in [6, 6.07) is 13.7. The van der Waals surface area contributed by atoms with Gasteiger partial charge < -0.3 is 14.4 Å². The van der Waals surface area contributed by atoms with Gasteiger partial charge in [0.1, 0.15) is 18.2 Å². The molecule has 0 saturated carbocycles. The molecule has 1 N–H and O–H groups in total. The van der Waals surface area contributed by atoms with Crippen LogP contribution >= 0.6 is 0 Å². The molecule has 0 spiro atoms. The number of hydrogen-bond donors (Lipinski definition) is 1. The number of aromatic amines is 1. The fraction of sp³-hybridized carbons (Fsp3) is 0.273. The summed E-state index contributed by atoms with van der Waals surface area (Å²) >= 11 is 0. The molecule has 6 nitrogen and oxygen atoms in total. The van der Waals surface area contributed by atoms with Gasteiger partial charge in [-0.25, -0.2) is 8.78 Å². The first-order valence-corrected chi connectivity index (χ1v) is 9.66. The van der Waals surface area contributed by atoms with E-state index in [2.05, 4.69) is 10.2 Å². The van der Waals surface area contributed by atoms with Gasteiger partial charge in [0.05, 0.1) is 11.4 Å². The Balaban J connectivity index is 1.27. The quantitative estimate of drug-likeness (QED) is 0.642. The lowest BCUT2D eigenvalue weighted by atomic mass is 10.1. The van der Waals surface area contributed by atoms with E-state index in [9.17, 15) is 13.6 Å². The highest BCUT2D eigenvalue weighted by Gasteiger charge is 2.29. The summed E-state index contributed by atoms with van der Waals surface area (Å²) in [5, 5.41) is 7.24. The van der Waals surface area contributed by atoms with Crippen LogP contribution in [0.1, 0.15) is 23.7 Å². The molecule has 0 bridgehead atoms. The Hall–Kier alpha value is -3.42. The molecule has 1 amide bonds. The Morgan fingerprint density at radius 3 is 2.73 bits per heavy atom. The summed E-state index contributed by atoms with van der Waals surface area (Å²) in [5.41, 5.74) is 1.58. The number of halogens is 2. The third-order valence-electron chi connectivity index (χ3n) is 5.01. The largest absolute Gasteiger partial charge is 0.484 e. The number of ether oxygens (including phenoxy) is 2. The number of H-pyrrole nitrogens is 1. The van der Waals surface area contributed by atoms with Gasteiger partial charge in [-0.05, 0) is 48.9 Å². The van der Waals surface area contributed by atoms with Crippen LogP contribution in [0.2, 0.25) is 0 Å². The highest BCUT2D eigenvalue weighted by atomic mass is 19.1. The molecule has 8 heteroatoms. The van der Waals surface area contributed by atoms with Gasteiger partial charge in [0.25, 0.3) is 5.91 Å². The normalized spacial score (nSPS) is 15.9. The number of nitrogens with zero attached hydrogens (tertiary/aromatic N) is 2. The highest BCUT2D eigenvalue weighted by Crippen LogP contribution is 2.27. The first kappa shape index (κ1) is 19.9. The minimum Gasteiger partial charge on any atom is -0.484 e. The molecule has 1 unspecified atom stereocenters. The van der Waals surface area contributed by atoms with E-state index >= 15 is 0 Å². The van der Waals surface area contributed by atoms with Crippen molar-refractivity contribution in [2.75, 3.05) is 19.7 Å². The number of likely N-dealkylation sites (tertiary alicyclic amines) is 1. The van der Waals surface area contributed by atoms with Gasteiger partial charge in [0.15, 0.2) is 18.2 Å². The molecule has 1 aromatic heterocycles. The van der Waals surface area contributed by atoms with E-state index in [-0.39, 0.29) is 36.6 Å². The number of para-hydroxylation sites is 1. The van der Waals surface area contributed by atoms with E-state index in [0.29, 0.717) is 18.8 Å². The average Bonchev–Trinajstić information content (AvgIpc) is 3.42. The van der Waals surface area contributed by atoms with Crippen molar-refractivity contribution >= 4 is 5.91 Å². The van der Waals surface area contributed by atoms with Gasteiger partial charge >= 0.3 is 0 Å². The van der Waals surface area contributed by atoms with E-state index in [0.717, 1.165) is 17.8 Å². The number of benzene rings is 2. The predicted octanol–water partition coefficient (Wildman–Crippen LogP) is 3.66. The molecular formula is C22H21F2N3O3. The topological polar surface area (TPSA) is 67.4 Å². The van der Waals surface area contributed by atoms with Crippen molar-refractivity contribution in [3.63, 3.8) is 0 Å². The van der Waals surface area contributed by atoms with Crippen LogP contribution in [0.4, 0.5) is 8.78 Å². The second-order valence-electron chi connectivity index (χ2n) is 7.11. The maximum atomic E-state index is 13.6. The Morgan fingerprint density at radius 1 is 1.13 bits per heavy atom. The van der Waals surface area contributed by atoms with Crippen LogP contribution in [-0.2, 0) is 11.4 Å². The zero-order valence-electron chi connectivity index (χ0n) is 16.2. The molecular weight excluding hydrogens is 392 g/mol. The lowest BCUT2D eigenvalue weighted by Crippen LogP contribution is -2.32. The molecule has 4 rings (SSSR count). The molecule has 1 aliphatic rings. The standard InChI is InChI=1S/C22H21F2N3O3/c23-16-5-7-18(8-6-16)29-14-22(28)27-10-9-15(12-27)20-11-17(25-26-20)13-30-21-4-2-1-3-19(21)24/h1-8,11,15H,9-10,12-14H2,(H,25,26). The summed E-state index contributed by atoms with van der Waals surface area (Å²) in [4.78, 5) is 14.1. The fourth-order valence-corrected chi connectivity index (χ4v) is 3.38. The number of nitrogens with one attached hydrogen (secondary N) is 1. The second kappa shape index (κ2) is 8.94. The van der Waals surface area contributed by atoms with Crippen LogP contribution in [0, 0.1) is 11.6 Å². The van der Waals surface area contributed by atoms with Crippen molar-refractivity contribution in [3.05, 3.63) is 77.6 Å². The van der Waals surface area contributed by atoms with Crippen molar-refractivity contribution < 1.29 is 23.0 Å². The van der Waals surface area contributed by atoms with Crippen LogP contribution in [0.15, 0.2) is 54.6 Å². The summed E-state index contributed by atoms with van der Waals surface area (Å²) in [5.74, 6) is -0.141. The van der Waals surface area contributed by atoms with Gasteiger partial charge in [0, 0.05) is 19.0 Å². The molecule has 1 atom stereocenters. The maximum Gasteiger partial charge on any atom is 0.260 e. The van der Waals surface area contributed by atoms with E-state index in [1.54, 1.807) is 23.1 Å². The number of aromatic nitrogens is 2. The molecule has 1 fully saturated rings. The molecule has 156 valence electrons. The lowest BCUT2D eigenvalue weighted by Gasteiger charge is -2.16. The van der Waals surface area contributed by atoms with E-state index < -0.39 is 5.82 Å². The smallest absolute Gasteiger partial charge is 0.260 e. The Labute approximate surface area is 172 Å². The minimum absolute atomic E-state index is 0.0966. The van der Waals surface area contributed by atoms with Crippen molar-refractivity contribution in [1.29, 1.82) is 0 Å². The van der Waals surface area contributed by atoms with Gasteiger partial charge in [0.2, 0.25) is 0 Å². The van der Waals surface area contributed by atoms with Gasteiger partial charge in [-0.3, -0.25) is 9.89 Å². The molecule has 2 heterocycles. The number of carbonyl (C=O) groups excluding carboxylic acids is 1. The Bertz CT molecular complexity index is 1010. The third kappa shape index (κ3) is 4.76. The Kier molecular flexibility index (Phi) is 5.92. The zero-order valence-corrected chi connectivity index (χ0v) is 16.2. The van der Waals surface area contributed by atoms with Gasteiger partial charge in [-0.15, -0.1) is 0 Å². The lowest BCUT2D eigenvalue weighted by molar-refractivity contribution is -0.132. The van der Waals surface area contributed by atoms with Crippen LogP contribution in [-0.4, -0.2) is 40.7 Å². The summed E-state index contributed by atoms with van der Waals surface area (Å²) < 4.78 is 37.5. The van der Waals surface area contributed by atoms with E-state index in [1.807, 2.05) is 6.07 Å². The fourth-order valence-electron chi connectivity index (χ4n) is 3.38. The Morgan fingerprint density at radius 2 is 1.93 bits per heavy atom. The first-order chi connectivity index (χ1) is 14.6. The summed E-state index contributed by atoms with van der Waals surface area (Å²) in [6.07, 6.45) is 0.792. The second-order valence-corrected chi connectivity index (χ2v) is 7.11. The van der Waals surface area contributed by atoms with Gasteiger partial charge in [-0.2, -0.15) is 5.10 Å². The molecule has 0 radical (unpaired) electrons. The van der Waals surface area contributed by atoms with Crippen LogP contribution in [0.3, 0.4) is 0 Å². The third-order valence-corrected chi connectivity index (χ3v) is 5.01. The van der Waals surface area contributed by atoms with Crippen LogP contribution in [0.5, 0.6) is 11.5 Å². The number of rotatable bonds is 7. The van der Waals surface area contributed by atoms with Crippen molar-refractivity contribution in [2.24, 2.45) is 0 Å². The van der Waals surface area contributed by atoms with Gasteiger partial charge in [-0.1, -0.05) is 12.1 Å². The van der Waals surface area contributed by atoms with Crippen LogP contribution < -0.4 is 9.47 Å². The van der Waals surface area contributed by atoms with E-state index in [1.165, 1.54) is 30.3 Å². The molecule has 1 saturated heterocycles. The monoisotopic (exact) mass is 413 g/mol. The number of carbonyl (C=O) groups is 1. The average molecular weight is 413 g/mol. The summed E-state index contributed by atoms with van der Waals surface area (Å²) in [7, 11) is 0. The zero-order chi connectivity index (χ0) is 20.9. The molecule has 30 heavy (non-hydrogen) atoms. The molecule has 2 aromatic carbocycles. The predicted molar refractivity (Wildman–Crippen MR) is 105 cm³/mol. The molecule has 0 aliphatic carbocycles. The van der Waals surface area contributed by atoms with Crippen molar-refractivity contribution in [3.8, 4) is 11.5 Å². The highest BCUT2D eigenvalue weighted by molar-refractivity contribution is 5.78. The summed E-state index contributed by atoms with van der Waals surface area (Å²) in [6.45, 7) is 1.24. The minimum atomic E-state index is -0.412. The van der Waals surface area contributed by atoms with Crippen molar-refractivity contribution in [1.82, 2.24) is 15.1 Å². The molecule has 3 aromatic rings. The number of hydrogen-bond acceptors (Lipinski definition) is 4. The number of amides is 1. The first-order valence-electron chi connectivity index (χ1n) is 9.66.